The van der Waals surface area contributed by atoms with Crippen LogP contribution in [0.4, 0.5) is 11.4 Å². The fraction of sp³-hybridized carbons (Fsp3) is 0. The van der Waals surface area contributed by atoms with Gasteiger partial charge in [-0.25, -0.2) is 0 Å². The summed E-state index contributed by atoms with van der Waals surface area (Å²) in [6, 6.07) is 36.2. The lowest BCUT2D eigenvalue weighted by atomic mass is 10.0. The quantitative estimate of drug-likeness (QED) is 0.422. The first-order valence-corrected chi connectivity index (χ1v) is 10.7. The molecule has 4 aromatic carbocycles. The zero-order valence-electron chi connectivity index (χ0n) is 14.7. The van der Waals surface area contributed by atoms with E-state index in [0.29, 0.717) is 0 Å². The van der Waals surface area contributed by atoms with Crippen LogP contribution in [-0.4, -0.2) is 0 Å². The summed E-state index contributed by atoms with van der Waals surface area (Å²) in [5, 5.41) is 1.73. The second kappa shape index (κ2) is 6.26. The number of anilines is 2. The standard InChI is InChI=1S/C24H18NOP/c26-27(20-13-5-2-6-14-20)24-18-10-8-16-22(24)21-15-7-9-17-23(21)25(27)19-11-3-1-4-12-19/h1-18H. The highest BCUT2D eigenvalue weighted by atomic mass is 31.2. The molecule has 0 saturated heterocycles. The first-order chi connectivity index (χ1) is 13.3. The zero-order valence-corrected chi connectivity index (χ0v) is 15.6. The Hall–Kier alpha value is -3.09. The maximum Gasteiger partial charge on any atom is 0.234 e. The Morgan fingerprint density at radius 1 is 0.556 bits per heavy atom. The van der Waals surface area contributed by atoms with Gasteiger partial charge in [-0.1, -0.05) is 72.8 Å². The molecule has 0 aromatic heterocycles. The number of nitrogens with zero attached hydrogens (tertiary/aromatic N) is 1. The van der Waals surface area contributed by atoms with Gasteiger partial charge >= 0.3 is 0 Å². The molecule has 27 heavy (non-hydrogen) atoms. The molecule has 1 unspecified atom stereocenters. The minimum Gasteiger partial charge on any atom is -0.289 e. The first kappa shape index (κ1) is 16.1. The molecule has 1 heterocycles. The lowest BCUT2D eigenvalue weighted by molar-refractivity contribution is 0.587. The van der Waals surface area contributed by atoms with Crippen molar-refractivity contribution >= 4 is 29.3 Å². The van der Waals surface area contributed by atoms with Crippen molar-refractivity contribution in [1.82, 2.24) is 0 Å². The Bertz CT molecular complexity index is 1160. The minimum absolute atomic E-state index is 0.843. The van der Waals surface area contributed by atoms with Gasteiger partial charge in [0.15, 0.2) is 0 Å². The average molecular weight is 367 g/mol. The third-order valence-electron chi connectivity index (χ3n) is 5.04. The van der Waals surface area contributed by atoms with Crippen molar-refractivity contribution in [2.24, 2.45) is 0 Å². The molecule has 0 radical (unpaired) electrons. The molecule has 0 bridgehead atoms. The Balaban J connectivity index is 1.91. The normalized spacial score (nSPS) is 17.9. The highest BCUT2D eigenvalue weighted by molar-refractivity contribution is 7.80. The lowest BCUT2D eigenvalue weighted by Crippen LogP contribution is -2.33. The van der Waals surface area contributed by atoms with Gasteiger partial charge in [-0.2, -0.15) is 0 Å². The van der Waals surface area contributed by atoms with E-state index in [2.05, 4.69) is 18.2 Å². The molecular weight excluding hydrogens is 349 g/mol. The van der Waals surface area contributed by atoms with Crippen LogP contribution in [0.2, 0.25) is 0 Å². The lowest BCUT2D eigenvalue weighted by Gasteiger charge is -2.40. The van der Waals surface area contributed by atoms with Crippen LogP contribution in [0.5, 0.6) is 0 Å². The smallest absolute Gasteiger partial charge is 0.234 e. The van der Waals surface area contributed by atoms with Crippen LogP contribution < -0.4 is 15.3 Å². The summed E-state index contributed by atoms with van der Waals surface area (Å²) in [5.74, 6) is 0. The zero-order chi connectivity index (χ0) is 18.3. The monoisotopic (exact) mass is 367 g/mol. The largest absolute Gasteiger partial charge is 0.289 e. The SMILES string of the molecule is O=P1(c2ccccc2)c2ccccc2-c2ccccc2N1c1ccccc1. The number of hydrogen-bond donors (Lipinski definition) is 0. The van der Waals surface area contributed by atoms with Crippen LogP contribution in [0.1, 0.15) is 0 Å². The molecule has 0 saturated carbocycles. The van der Waals surface area contributed by atoms with E-state index >= 15 is 0 Å². The molecule has 1 aliphatic heterocycles. The summed E-state index contributed by atoms with van der Waals surface area (Å²) >= 11 is 0. The van der Waals surface area contributed by atoms with E-state index in [1.807, 2.05) is 95.7 Å². The predicted octanol–water partition coefficient (Wildman–Crippen LogP) is 5.73. The topological polar surface area (TPSA) is 20.3 Å². The Kier molecular flexibility index (Phi) is 3.74. The van der Waals surface area contributed by atoms with E-state index < -0.39 is 7.29 Å². The summed E-state index contributed by atoms with van der Waals surface area (Å²) in [5.41, 5.74) is 4.08. The van der Waals surface area contributed by atoms with E-state index in [1.165, 1.54) is 0 Å². The molecule has 0 amide bonds. The van der Waals surface area contributed by atoms with E-state index in [0.717, 1.165) is 33.1 Å². The Morgan fingerprint density at radius 2 is 1.11 bits per heavy atom. The molecular formula is C24H18NOP. The molecule has 5 rings (SSSR count). The third kappa shape index (κ3) is 2.38. The molecule has 1 aliphatic rings. The Labute approximate surface area is 159 Å². The third-order valence-corrected chi connectivity index (χ3v) is 8.09. The van der Waals surface area contributed by atoms with Gasteiger partial charge in [-0.15, -0.1) is 0 Å². The number of benzene rings is 4. The molecule has 0 aliphatic carbocycles. The fourth-order valence-corrected chi connectivity index (χ4v) is 6.91. The molecule has 130 valence electrons. The van der Waals surface area contributed by atoms with Gasteiger partial charge in [0.2, 0.25) is 7.29 Å². The summed E-state index contributed by atoms with van der Waals surface area (Å²) in [7, 11) is -3.09. The van der Waals surface area contributed by atoms with Crippen LogP contribution in [-0.2, 0) is 4.57 Å². The number of fused-ring (bicyclic) bond motifs is 3. The van der Waals surface area contributed by atoms with Crippen LogP contribution in [0.25, 0.3) is 11.1 Å². The van der Waals surface area contributed by atoms with Crippen molar-refractivity contribution < 1.29 is 4.57 Å². The summed E-state index contributed by atoms with van der Waals surface area (Å²) < 4.78 is 16.9. The van der Waals surface area contributed by atoms with E-state index in [9.17, 15) is 4.57 Å². The van der Waals surface area contributed by atoms with Crippen molar-refractivity contribution in [2.75, 3.05) is 4.67 Å². The minimum atomic E-state index is -3.09. The van der Waals surface area contributed by atoms with E-state index in [1.54, 1.807) is 0 Å². The molecule has 1 atom stereocenters. The van der Waals surface area contributed by atoms with Crippen molar-refractivity contribution in [2.45, 2.75) is 0 Å². The number of hydrogen-bond acceptors (Lipinski definition) is 1. The van der Waals surface area contributed by atoms with Crippen molar-refractivity contribution in [3.63, 3.8) is 0 Å². The summed E-state index contributed by atoms with van der Waals surface area (Å²) in [4.78, 5) is 0. The predicted molar refractivity (Wildman–Crippen MR) is 114 cm³/mol. The van der Waals surface area contributed by atoms with Crippen LogP contribution >= 0.6 is 7.29 Å². The molecule has 0 N–H and O–H groups in total. The van der Waals surface area contributed by atoms with Gasteiger partial charge in [0.25, 0.3) is 0 Å². The summed E-state index contributed by atoms with van der Waals surface area (Å²) in [6.07, 6.45) is 0. The van der Waals surface area contributed by atoms with Gasteiger partial charge in [0, 0.05) is 21.9 Å². The average Bonchev–Trinajstić information content (AvgIpc) is 2.75. The highest BCUT2D eigenvalue weighted by Gasteiger charge is 2.42. The van der Waals surface area contributed by atoms with Crippen molar-refractivity contribution in [3.8, 4) is 11.1 Å². The second-order valence-electron chi connectivity index (χ2n) is 6.59. The first-order valence-electron chi connectivity index (χ1n) is 9.00. The van der Waals surface area contributed by atoms with Crippen molar-refractivity contribution in [3.05, 3.63) is 109 Å². The summed E-state index contributed by atoms with van der Waals surface area (Å²) in [6.45, 7) is 0. The second-order valence-corrected chi connectivity index (χ2v) is 9.14. The molecule has 3 heteroatoms. The van der Waals surface area contributed by atoms with Gasteiger partial charge in [-0.3, -0.25) is 9.24 Å². The van der Waals surface area contributed by atoms with Crippen LogP contribution in [0, 0.1) is 0 Å². The Morgan fingerprint density at radius 3 is 1.85 bits per heavy atom. The number of rotatable bonds is 2. The van der Waals surface area contributed by atoms with E-state index in [-0.39, 0.29) is 0 Å². The molecule has 0 spiro atoms. The molecule has 4 aromatic rings. The maximum atomic E-state index is 14.9. The van der Waals surface area contributed by atoms with E-state index in [4.69, 9.17) is 0 Å². The van der Waals surface area contributed by atoms with Gasteiger partial charge < -0.3 is 0 Å². The van der Waals surface area contributed by atoms with Gasteiger partial charge in [0.05, 0.1) is 5.69 Å². The highest BCUT2D eigenvalue weighted by Crippen LogP contribution is 2.60. The van der Waals surface area contributed by atoms with Crippen LogP contribution in [0.3, 0.4) is 0 Å². The van der Waals surface area contributed by atoms with Gasteiger partial charge in [0.1, 0.15) is 0 Å². The maximum absolute atomic E-state index is 14.9. The van der Waals surface area contributed by atoms with Crippen molar-refractivity contribution in [1.29, 1.82) is 0 Å². The van der Waals surface area contributed by atoms with Gasteiger partial charge in [-0.05, 0) is 42.0 Å². The fourth-order valence-electron chi connectivity index (χ4n) is 3.87. The number of para-hydroxylation sites is 2. The van der Waals surface area contributed by atoms with Crippen LogP contribution in [0.15, 0.2) is 109 Å². The molecule has 2 nitrogen and oxygen atoms in total. The molecule has 0 fully saturated rings.